The van der Waals surface area contributed by atoms with Crippen LogP contribution in [-0.2, 0) is 28.9 Å². The van der Waals surface area contributed by atoms with Gasteiger partial charge in [-0.15, -0.1) is 11.3 Å². The van der Waals surface area contributed by atoms with Crippen molar-refractivity contribution in [3.63, 3.8) is 0 Å². The first-order chi connectivity index (χ1) is 12.1. The molecular weight excluding hydrogens is 356 g/mol. The maximum absolute atomic E-state index is 12.8. The van der Waals surface area contributed by atoms with Crippen LogP contribution >= 0.6 is 23.1 Å². The van der Waals surface area contributed by atoms with Crippen LogP contribution < -0.4 is 5.56 Å². The second kappa shape index (κ2) is 7.11. The fourth-order valence-electron chi connectivity index (χ4n) is 3.65. The van der Waals surface area contributed by atoms with Gasteiger partial charge in [0.05, 0.1) is 18.1 Å². The van der Waals surface area contributed by atoms with Crippen LogP contribution in [-0.4, -0.2) is 32.6 Å². The van der Waals surface area contributed by atoms with Crippen molar-refractivity contribution in [1.29, 1.82) is 0 Å². The Bertz CT molecular complexity index is 858. The molecule has 0 radical (unpaired) electrons. The van der Waals surface area contributed by atoms with Crippen LogP contribution in [0.5, 0.6) is 0 Å². The Morgan fingerprint density at radius 1 is 1.40 bits per heavy atom. The van der Waals surface area contributed by atoms with Crippen molar-refractivity contribution >= 4 is 39.3 Å². The molecule has 2 aromatic heterocycles. The molecule has 2 unspecified atom stereocenters. The van der Waals surface area contributed by atoms with Crippen LogP contribution in [0.3, 0.4) is 0 Å². The summed E-state index contributed by atoms with van der Waals surface area (Å²) in [7, 11) is 0. The minimum atomic E-state index is -0.223. The lowest BCUT2D eigenvalue weighted by molar-refractivity contribution is -0.149. The molecule has 2 aliphatic rings. The van der Waals surface area contributed by atoms with Crippen molar-refractivity contribution < 1.29 is 9.53 Å². The normalized spacial score (nSPS) is 22.9. The average Bonchev–Trinajstić information content (AvgIpc) is 3.18. The van der Waals surface area contributed by atoms with Gasteiger partial charge in [-0.25, -0.2) is 4.98 Å². The van der Waals surface area contributed by atoms with Crippen molar-refractivity contribution in [3.8, 4) is 0 Å². The van der Waals surface area contributed by atoms with Crippen molar-refractivity contribution in [2.75, 3.05) is 5.75 Å². The summed E-state index contributed by atoms with van der Waals surface area (Å²) >= 11 is 3.49. The second-order valence-corrected chi connectivity index (χ2v) is 9.35. The fourth-order valence-corrected chi connectivity index (χ4v) is 6.01. The second-order valence-electron chi connectivity index (χ2n) is 6.78. The third kappa shape index (κ3) is 3.36. The first kappa shape index (κ1) is 17.1. The highest BCUT2D eigenvalue weighted by molar-refractivity contribution is 8.00. The molecule has 0 bridgehead atoms. The third-order valence-corrected chi connectivity index (χ3v) is 7.59. The Morgan fingerprint density at radius 3 is 3.04 bits per heavy atom. The van der Waals surface area contributed by atoms with Gasteiger partial charge in [0.2, 0.25) is 0 Å². The Hall–Kier alpha value is -1.34. The van der Waals surface area contributed by atoms with Crippen molar-refractivity contribution in [2.45, 2.75) is 63.3 Å². The molecule has 7 heteroatoms. The summed E-state index contributed by atoms with van der Waals surface area (Å²) < 4.78 is 7.12. The predicted molar refractivity (Wildman–Crippen MR) is 102 cm³/mol. The zero-order chi connectivity index (χ0) is 17.4. The van der Waals surface area contributed by atoms with Gasteiger partial charge in [0.25, 0.3) is 5.56 Å². The highest BCUT2D eigenvalue weighted by atomic mass is 32.2. The number of thiophene rings is 1. The van der Waals surface area contributed by atoms with Gasteiger partial charge in [-0.1, -0.05) is 0 Å². The maximum Gasteiger partial charge on any atom is 0.307 e. The molecule has 4 rings (SSSR count). The lowest BCUT2D eigenvalue weighted by Gasteiger charge is -2.15. The van der Waals surface area contributed by atoms with Gasteiger partial charge in [0, 0.05) is 16.7 Å². The summed E-state index contributed by atoms with van der Waals surface area (Å²) in [4.78, 5) is 31.6. The number of ether oxygens (including phenoxy) is 1. The maximum atomic E-state index is 12.8. The van der Waals surface area contributed by atoms with E-state index in [1.807, 2.05) is 11.8 Å². The molecule has 2 aromatic rings. The predicted octanol–water partition coefficient (Wildman–Crippen LogP) is 3.16. The van der Waals surface area contributed by atoms with Crippen molar-refractivity contribution in [2.24, 2.45) is 0 Å². The molecule has 1 aliphatic heterocycles. The zero-order valence-electron chi connectivity index (χ0n) is 14.3. The zero-order valence-corrected chi connectivity index (χ0v) is 16.0. The van der Waals surface area contributed by atoms with Crippen LogP contribution in [0.2, 0.25) is 0 Å². The third-order valence-electron chi connectivity index (χ3n) is 5.09. The smallest absolute Gasteiger partial charge is 0.307 e. The van der Waals surface area contributed by atoms with E-state index in [0.717, 1.165) is 41.7 Å². The number of carbonyl (C=O) groups excluding carboxylic acids is 1. The van der Waals surface area contributed by atoms with Gasteiger partial charge in [0.1, 0.15) is 10.9 Å². The summed E-state index contributed by atoms with van der Waals surface area (Å²) in [5, 5.41) is 1.14. The molecule has 0 amide bonds. The van der Waals surface area contributed by atoms with Crippen molar-refractivity contribution in [1.82, 2.24) is 9.55 Å². The van der Waals surface area contributed by atoms with Gasteiger partial charge in [-0.05, 0) is 50.3 Å². The first-order valence-corrected chi connectivity index (χ1v) is 10.8. The lowest BCUT2D eigenvalue weighted by Crippen LogP contribution is -2.26. The Morgan fingerprint density at radius 2 is 2.24 bits per heavy atom. The fraction of sp³-hybridized carbons (Fsp3) is 0.611. The lowest BCUT2D eigenvalue weighted by atomic mass is 9.97. The number of rotatable bonds is 4. The van der Waals surface area contributed by atoms with Gasteiger partial charge in [-0.2, -0.15) is 11.8 Å². The van der Waals surface area contributed by atoms with Crippen LogP contribution in [0, 0.1) is 0 Å². The molecule has 0 saturated carbocycles. The summed E-state index contributed by atoms with van der Waals surface area (Å²) in [5.41, 5.74) is 1.18. The molecular formula is C18H22N2O3S2. The first-order valence-electron chi connectivity index (χ1n) is 8.94. The van der Waals surface area contributed by atoms with E-state index in [4.69, 9.17) is 4.74 Å². The van der Waals surface area contributed by atoms with Crippen LogP contribution in [0.15, 0.2) is 11.1 Å². The highest BCUT2D eigenvalue weighted by Gasteiger charge is 2.27. The Kier molecular flexibility index (Phi) is 4.86. The number of thioether (sulfide) groups is 1. The molecule has 0 spiro atoms. The molecule has 1 fully saturated rings. The van der Waals surface area contributed by atoms with E-state index in [9.17, 15) is 9.59 Å². The molecule has 25 heavy (non-hydrogen) atoms. The molecule has 1 aliphatic carbocycles. The van der Waals surface area contributed by atoms with Crippen LogP contribution in [0.25, 0.3) is 10.2 Å². The molecule has 5 nitrogen and oxygen atoms in total. The number of aromatic nitrogens is 2. The minimum absolute atomic E-state index is 0.0120. The largest absolute Gasteiger partial charge is 0.461 e. The van der Waals surface area contributed by atoms with E-state index in [1.165, 1.54) is 16.9 Å². The summed E-state index contributed by atoms with van der Waals surface area (Å²) in [6.45, 7) is 2.43. The van der Waals surface area contributed by atoms with Crippen LogP contribution in [0.1, 0.15) is 43.0 Å². The van der Waals surface area contributed by atoms with Crippen LogP contribution in [0.4, 0.5) is 0 Å². The molecule has 3 heterocycles. The van der Waals surface area contributed by atoms with Crippen molar-refractivity contribution in [3.05, 3.63) is 27.1 Å². The molecule has 2 atom stereocenters. The van der Waals surface area contributed by atoms with E-state index >= 15 is 0 Å². The number of aryl methyl sites for hydroxylation is 3. The number of esters is 1. The highest BCUT2D eigenvalue weighted by Crippen LogP contribution is 2.33. The van der Waals surface area contributed by atoms with Gasteiger partial charge in [0.15, 0.2) is 0 Å². The standard InChI is InChI=1S/C18H22N2O3S2/c1-11-13(7-9-24-11)23-15(21)6-8-20-10-19-17-16(18(20)22)12-4-2-3-5-14(12)25-17/h10-11,13H,2-9H2,1H3. The molecule has 0 N–H and O–H groups in total. The average molecular weight is 379 g/mol. The van der Waals surface area contributed by atoms with E-state index < -0.39 is 0 Å². The quantitative estimate of drug-likeness (QED) is 0.765. The summed E-state index contributed by atoms with van der Waals surface area (Å²) in [5.74, 6) is 0.821. The molecule has 134 valence electrons. The monoisotopic (exact) mass is 378 g/mol. The number of carbonyl (C=O) groups is 1. The van der Waals surface area contributed by atoms with E-state index in [0.29, 0.717) is 11.8 Å². The van der Waals surface area contributed by atoms with E-state index in [2.05, 4.69) is 11.9 Å². The molecule has 1 saturated heterocycles. The van der Waals surface area contributed by atoms with E-state index in [-0.39, 0.29) is 24.1 Å². The van der Waals surface area contributed by atoms with Gasteiger partial charge in [-0.3, -0.25) is 14.2 Å². The van der Waals surface area contributed by atoms with E-state index in [1.54, 1.807) is 22.2 Å². The topological polar surface area (TPSA) is 61.2 Å². The minimum Gasteiger partial charge on any atom is -0.461 e. The van der Waals surface area contributed by atoms with Gasteiger partial charge < -0.3 is 4.74 Å². The summed E-state index contributed by atoms with van der Waals surface area (Å²) in [6.07, 6.45) is 7.08. The Labute approximate surface area is 154 Å². The van der Waals surface area contributed by atoms with Gasteiger partial charge >= 0.3 is 5.97 Å². The number of fused-ring (bicyclic) bond motifs is 3. The number of hydrogen-bond acceptors (Lipinski definition) is 6. The molecule has 0 aromatic carbocycles. The number of hydrogen-bond donors (Lipinski definition) is 0. The SMILES string of the molecule is CC1SCCC1OC(=O)CCn1cnc2sc3c(c2c1=O)CCCC3. The summed E-state index contributed by atoms with van der Waals surface area (Å²) in [6, 6.07) is 0. The number of nitrogens with zero attached hydrogens (tertiary/aromatic N) is 2. The Balaban J connectivity index is 1.49.